The number of carbonyl (C=O) groups excluding carboxylic acids is 1. The van der Waals surface area contributed by atoms with E-state index in [1.807, 2.05) is 20.8 Å². The standard InChI is InChI=1S/C13H26N2O2/c1-9-6-7-11(10(2)14-9)15-12(16)8-17-13(3,4)5/h9-11,14H,6-8H2,1-5H3,(H,15,16). The molecule has 0 aliphatic carbocycles. The van der Waals surface area contributed by atoms with Gasteiger partial charge in [-0.3, -0.25) is 4.79 Å². The van der Waals surface area contributed by atoms with E-state index in [-0.39, 0.29) is 24.2 Å². The number of nitrogens with one attached hydrogen (secondary N) is 2. The Morgan fingerprint density at radius 3 is 2.53 bits per heavy atom. The molecule has 0 bridgehead atoms. The van der Waals surface area contributed by atoms with Crippen LogP contribution < -0.4 is 10.6 Å². The van der Waals surface area contributed by atoms with E-state index in [0.717, 1.165) is 12.8 Å². The second kappa shape index (κ2) is 5.83. The molecule has 0 radical (unpaired) electrons. The molecule has 17 heavy (non-hydrogen) atoms. The summed E-state index contributed by atoms with van der Waals surface area (Å²) in [6.07, 6.45) is 2.14. The van der Waals surface area contributed by atoms with E-state index in [2.05, 4.69) is 24.5 Å². The highest BCUT2D eigenvalue weighted by Crippen LogP contribution is 2.13. The lowest BCUT2D eigenvalue weighted by Gasteiger charge is -2.34. The van der Waals surface area contributed by atoms with Gasteiger partial charge in [0.05, 0.1) is 5.60 Å². The summed E-state index contributed by atoms with van der Waals surface area (Å²) in [7, 11) is 0. The van der Waals surface area contributed by atoms with Crippen molar-refractivity contribution < 1.29 is 9.53 Å². The van der Waals surface area contributed by atoms with Crippen LogP contribution >= 0.6 is 0 Å². The Labute approximate surface area is 104 Å². The Bertz CT molecular complexity index is 261. The van der Waals surface area contributed by atoms with Gasteiger partial charge < -0.3 is 15.4 Å². The third-order valence-corrected chi connectivity index (χ3v) is 3.04. The van der Waals surface area contributed by atoms with Crippen molar-refractivity contribution in [3.05, 3.63) is 0 Å². The third kappa shape index (κ3) is 5.50. The number of carbonyl (C=O) groups is 1. The summed E-state index contributed by atoms with van der Waals surface area (Å²) in [5.74, 6) is -0.0203. The van der Waals surface area contributed by atoms with Gasteiger partial charge in [-0.1, -0.05) is 0 Å². The van der Waals surface area contributed by atoms with E-state index >= 15 is 0 Å². The molecule has 3 atom stereocenters. The molecule has 0 spiro atoms. The first-order valence-corrected chi connectivity index (χ1v) is 6.47. The van der Waals surface area contributed by atoms with Gasteiger partial charge in [0.25, 0.3) is 0 Å². The molecule has 2 N–H and O–H groups in total. The summed E-state index contributed by atoms with van der Waals surface area (Å²) < 4.78 is 5.46. The molecule has 1 aliphatic rings. The van der Waals surface area contributed by atoms with Crippen molar-refractivity contribution >= 4 is 5.91 Å². The van der Waals surface area contributed by atoms with Gasteiger partial charge in [-0.25, -0.2) is 0 Å². The molecule has 100 valence electrons. The molecule has 3 unspecified atom stereocenters. The lowest BCUT2D eigenvalue weighted by molar-refractivity contribution is -0.131. The average Bonchev–Trinajstić information content (AvgIpc) is 2.18. The summed E-state index contributed by atoms with van der Waals surface area (Å²) >= 11 is 0. The molecule has 0 aromatic carbocycles. The van der Waals surface area contributed by atoms with Gasteiger partial charge >= 0.3 is 0 Å². The van der Waals surface area contributed by atoms with Crippen molar-refractivity contribution in [2.75, 3.05) is 6.61 Å². The molecule has 1 rings (SSSR count). The quantitative estimate of drug-likeness (QED) is 0.787. The minimum Gasteiger partial charge on any atom is -0.366 e. The summed E-state index contributed by atoms with van der Waals surface area (Å²) in [5, 5.41) is 6.49. The van der Waals surface area contributed by atoms with Crippen LogP contribution in [0.25, 0.3) is 0 Å². The molecule has 1 heterocycles. The molecule has 0 aromatic heterocycles. The van der Waals surface area contributed by atoms with E-state index in [4.69, 9.17) is 4.74 Å². The summed E-state index contributed by atoms with van der Waals surface area (Å²) in [6.45, 7) is 10.3. The zero-order valence-electron chi connectivity index (χ0n) is 11.7. The molecule has 0 saturated carbocycles. The predicted molar refractivity (Wildman–Crippen MR) is 68.9 cm³/mol. The number of hydrogen-bond acceptors (Lipinski definition) is 3. The first kappa shape index (κ1) is 14.5. The Hall–Kier alpha value is -0.610. The topological polar surface area (TPSA) is 50.4 Å². The van der Waals surface area contributed by atoms with E-state index in [1.165, 1.54) is 0 Å². The molecule has 1 saturated heterocycles. The van der Waals surface area contributed by atoms with Crippen LogP contribution in [0.1, 0.15) is 47.5 Å². The third-order valence-electron chi connectivity index (χ3n) is 3.04. The highest BCUT2D eigenvalue weighted by atomic mass is 16.5. The second-order valence-electron chi connectivity index (χ2n) is 6.01. The lowest BCUT2D eigenvalue weighted by Crippen LogP contribution is -2.55. The van der Waals surface area contributed by atoms with Crippen LogP contribution in [0, 0.1) is 0 Å². The maximum Gasteiger partial charge on any atom is 0.246 e. The van der Waals surface area contributed by atoms with Crippen LogP contribution in [0.2, 0.25) is 0 Å². The Kier molecular flexibility index (Phi) is 4.95. The number of rotatable bonds is 3. The molecular weight excluding hydrogens is 216 g/mol. The van der Waals surface area contributed by atoms with Gasteiger partial charge in [0, 0.05) is 18.1 Å². The van der Waals surface area contributed by atoms with Crippen LogP contribution in [0.15, 0.2) is 0 Å². The monoisotopic (exact) mass is 242 g/mol. The lowest BCUT2D eigenvalue weighted by atomic mass is 9.95. The fraction of sp³-hybridized carbons (Fsp3) is 0.923. The summed E-state index contributed by atoms with van der Waals surface area (Å²) in [6, 6.07) is 1.10. The first-order valence-electron chi connectivity index (χ1n) is 6.47. The largest absolute Gasteiger partial charge is 0.366 e. The molecular formula is C13H26N2O2. The highest BCUT2D eigenvalue weighted by Gasteiger charge is 2.26. The van der Waals surface area contributed by atoms with Crippen LogP contribution in [0.5, 0.6) is 0 Å². The Morgan fingerprint density at radius 2 is 2.00 bits per heavy atom. The van der Waals surface area contributed by atoms with E-state index in [9.17, 15) is 4.79 Å². The van der Waals surface area contributed by atoms with Gasteiger partial charge in [-0.15, -0.1) is 0 Å². The van der Waals surface area contributed by atoms with Gasteiger partial charge in [0.1, 0.15) is 6.61 Å². The van der Waals surface area contributed by atoms with Gasteiger partial charge in [0.15, 0.2) is 0 Å². The zero-order valence-corrected chi connectivity index (χ0v) is 11.7. The summed E-state index contributed by atoms with van der Waals surface area (Å²) in [4.78, 5) is 11.7. The van der Waals surface area contributed by atoms with Gasteiger partial charge in [0.2, 0.25) is 5.91 Å². The number of hydrogen-bond donors (Lipinski definition) is 2. The van der Waals surface area contributed by atoms with Crippen molar-refractivity contribution in [2.45, 2.75) is 71.2 Å². The van der Waals surface area contributed by atoms with E-state index < -0.39 is 0 Å². The molecule has 4 heteroatoms. The SMILES string of the molecule is CC1CCC(NC(=O)COC(C)(C)C)C(C)N1. The first-order chi connectivity index (χ1) is 7.78. The van der Waals surface area contributed by atoms with Crippen LogP contribution in [0.4, 0.5) is 0 Å². The maximum absolute atomic E-state index is 11.7. The van der Waals surface area contributed by atoms with Crippen LogP contribution in [-0.4, -0.2) is 36.2 Å². The minimum atomic E-state index is -0.262. The molecule has 1 aliphatic heterocycles. The van der Waals surface area contributed by atoms with E-state index in [1.54, 1.807) is 0 Å². The fourth-order valence-electron chi connectivity index (χ4n) is 2.06. The van der Waals surface area contributed by atoms with Crippen molar-refractivity contribution in [1.82, 2.24) is 10.6 Å². The van der Waals surface area contributed by atoms with Crippen molar-refractivity contribution in [1.29, 1.82) is 0 Å². The smallest absolute Gasteiger partial charge is 0.246 e. The van der Waals surface area contributed by atoms with Crippen LogP contribution in [-0.2, 0) is 9.53 Å². The zero-order chi connectivity index (χ0) is 13.1. The number of ether oxygens (including phenoxy) is 1. The molecule has 0 aromatic rings. The van der Waals surface area contributed by atoms with Crippen LogP contribution in [0.3, 0.4) is 0 Å². The minimum absolute atomic E-state index is 0.0203. The van der Waals surface area contributed by atoms with Gasteiger partial charge in [-0.2, -0.15) is 0 Å². The second-order valence-corrected chi connectivity index (χ2v) is 6.01. The fourth-order valence-corrected chi connectivity index (χ4v) is 2.06. The number of amides is 1. The number of piperidine rings is 1. The Balaban J connectivity index is 2.31. The maximum atomic E-state index is 11.7. The molecule has 4 nitrogen and oxygen atoms in total. The van der Waals surface area contributed by atoms with Gasteiger partial charge in [-0.05, 0) is 47.5 Å². The van der Waals surface area contributed by atoms with Crippen molar-refractivity contribution in [3.8, 4) is 0 Å². The highest BCUT2D eigenvalue weighted by molar-refractivity contribution is 5.77. The normalized spacial score (nSPS) is 30.1. The van der Waals surface area contributed by atoms with Crippen molar-refractivity contribution in [2.24, 2.45) is 0 Å². The predicted octanol–water partition coefficient (Wildman–Crippen LogP) is 1.45. The Morgan fingerprint density at radius 1 is 1.35 bits per heavy atom. The molecule has 1 amide bonds. The van der Waals surface area contributed by atoms with E-state index in [0.29, 0.717) is 12.1 Å². The van der Waals surface area contributed by atoms with Crippen molar-refractivity contribution in [3.63, 3.8) is 0 Å². The summed E-state index contributed by atoms with van der Waals surface area (Å²) in [5.41, 5.74) is -0.262. The molecule has 1 fully saturated rings. The average molecular weight is 242 g/mol.